The minimum atomic E-state index is 0.00602. The van der Waals surface area contributed by atoms with Crippen molar-refractivity contribution in [1.82, 2.24) is 15.2 Å². The maximum absolute atomic E-state index is 4.67. The van der Waals surface area contributed by atoms with Crippen LogP contribution >= 0.6 is 21.6 Å². The highest BCUT2D eigenvalue weighted by Crippen LogP contribution is 2.33. The van der Waals surface area contributed by atoms with Gasteiger partial charge >= 0.3 is 0 Å². The molecule has 0 fully saturated rings. The van der Waals surface area contributed by atoms with E-state index in [0.717, 1.165) is 16.8 Å². The molecule has 0 saturated heterocycles. The van der Waals surface area contributed by atoms with E-state index in [0.29, 0.717) is 16.9 Å². The molecule has 8 heteroatoms. The molecule has 0 saturated carbocycles. The van der Waals surface area contributed by atoms with Crippen molar-refractivity contribution in [2.24, 2.45) is 15.2 Å². The van der Waals surface area contributed by atoms with Crippen LogP contribution in [0.3, 0.4) is 0 Å². The topological polar surface area (TPSA) is 75.8 Å². The molecule has 0 spiro atoms. The molecule has 1 aliphatic heterocycles. The van der Waals surface area contributed by atoms with E-state index in [2.05, 4.69) is 42.5 Å². The van der Waals surface area contributed by atoms with E-state index in [9.17, 15) is 0 Å². The van der Waals surface area contributed by atoms with Crippen molar-refractivity contribution in [2.75, 3.05) is 6.54 Å². The van der Waals surface area contributed by atoms with Gasteiger partial charge in [-0.05, 0) is 27.2 Å². The molecule has 26 heavy (non-hydrogen) atoms. The van der Waals surface area contributed by atoms with Crippen molar-refractivity contribution in [1.29, 1.82) is 0 Å². The predicted molar refractivity (Wildman–Crippen MR) is 105 cm³/mol. The number of aromatic nitrogens is 3. The average molecular weight is 378 g/mol. The van der Waals surface area contributed by atoms with Gasteiger partial charge in [0, 0.05) is 5.56 Å². The second kappa shape index (κ2) is 8.20. The molecule has 0 aliphatic carbocycles. The first-order chi connectivity index (χ1) is 12.9. The standard InChI is InChI=1S/C18H14N6S2/c1-3-7-13(8-4-1)15-11-19-23-17(21-15)25-26-18-22-16(12-20-24-18)14-9-5-2-6-10-14/h1-11,16H,12H2. The first-order valence-electron chi connectivity index (χ1n) is 7.98. The zero-order valence-electron chi connectivity index (χ0n) is 13.6. The predicted octanol–water partition coefficient (Wildman–Crippen LogP) is 4.84. The average Bonchev–Trinajstić information content (AvgIpc) is 2.74. The monoisotopic (exact) mass is 378 g/mol. The summed E-state index contributed by atoms with van der Waals surface area (Å²) in [6.07, 6.45) is 1.66. The van der Waals surface area contributed by atoms with Crippen LogP contribution in [0, 0.1) is 0 Å². The van der Waals surface area contributed by atoms with Crippen molar-refractivity contribution >= 4 is 26.8 Å². The SMILES string of the molecule is c1ccc(-c2cnnc(SSC3=NC(c4ccccc4)CN=N3)n2)cc1. The van der Waals surface area contributed by atoms with Crippen molar-refractivity contribution < 1.29 is 0 Å². The summed E-state index contributed by atoms with van der Waals surface area (Å²) in [5.74, 6) is 0. The Morgan fingerprint density at radius 1 is 0.885 bits per heavy atom. The van der Waals surface area contributed by atoms with E-state index in [4.69, 9.17) is 0 Å². The van der Waals surface area contributed by atoms with E-state index >= 15 is 0 Å². The fourth-order valence-electron chi connectivity index (χ4n) is 2.42. The van der Waals surface area contributed by atoms with Gasteiger partial charge in [-0.1, -0.05) is 60.7 Å². The summed E-state index contributed by atoms with van der Waals surface area (Å²) in [5.41, 5.74) is 2.93. The summed E-state index contributed by atoms with van der Waals surface area (Å²) in [7, 11) is 2.77. The molecule has 128 valence electrons. The van der Waals surface area contributed by atoms with Crippen molar-refractivity contribution in [3.63, 3.8) is 0 Å². The lowest BCUT2D eigenvalue weighted by Crippen LogP contribution is -2.06. The molecule has 0 N–H and O–H groups in total. The van der Waals surface area contributed by atoms with Gasteiger partial charge in [-0.2, -0.15) is 10.2 Å². The third-order valence-corrected chi connectivity index (χ3v) is 5.55. The van der Waals surface area contributed by atoms with Crippen LogP contribution in [0.4, 0.5) is 0 Å². The number of nitrogens with zero attached hydrogens (tertiary/aromatic N) is 6. The second-order valence-electron chi connectivity index (χ2n) is 5.42. The summed E-state index contributed by atoms with van der Waals surface area (Å²) in [6, 6.07) is 20.0. The van der Waals surface area contributed by atoms with Gasteiger partial charge in [0.25, 0.3) is 0 Å². The normalized spacial score (nSPS) is 16.3. The van der Waals surface area contributed by atoms with E-state index in [1.165, 1.54) is 21.6 Å². The van der Waals surface area contributed by atoms with Crippen LogP contribution in [-0.2, 0) is 0 Å². The maximum Gasteiger partial charge on any atom is 0.220 e. The Morgan fingerprint density at radius 2 is 1.65 bits per heavy atom. The molecule has 1 aromatic heterocycles. The molecule has 2 heterocycles. The van der Waals surface area contributed by atoms with Crippen LogP contribution in [0.25, 0.3) is 11.3 Å². The van der Waals surface area contributed by atoms with Crippen molar-refractivity contribution in [2.45, 2.75) is 11.2 Å². The molecular formula is C18H14N6S2. The van der Waals surface area contributed by atoms with Crippen LogP contribution in [0.15, 0.2) is 87.2 Å². The summed E-state index contributed by atoms with van der Waals surface area (Å²) in [5, 5.41) is 17.6. The molecule has 6 nitrogen and oxygen atoms in total. The number of benzene rings is 2. The number of amidine groups is 1. The van der Waals surface area contributed by atoms with Crippen LogP contribution in [0.2, 0.25) is 0 Å². The van der Waals surface area contributed by atoms with E-state index in [1.54, 1.807) is 6.20 Å². The van der Waals surface area contributed by atoms with E-state index in [-0.39, 0.29) is 6.04 Å². The van der Waals surface area contributed by atoms with Gasteiger partial charge in [-0.15, -0.1) is 10.2 Å². The van der Waals surface area contributed by atoms with Crippen LogP contribution in [0.1, 0.15) is 11.6 Å². The Bertz CT molecular complexity index is 931. The van der Waals surface area contributed by atoms with E-state index in [1.807, 2.05) is 48.5 Å². The van der Waals surface area contributed by atoms with Gasteiger partial charge in [-0.3, -0.25) is 0 Å². The first kappa shape index (κ1) is 16.9. The lowest BCUT2D eigenvalue weighted by molar-refractivity contribution is 0.700. The molecule has 0 radical (unpaired) electrons. The van der Waals surface area contributed by atoms with Gasteiger partial charge in [0.1, 0.15) is 0 Å². The summed E-state index contributed by atoms with van der Waals surface area (Å²) in [4.78, 5) is 9.22. The zero-order valence-corrected chi connectivity index (χ0v) is 15.3. The Kier molecular flexibility index (Phi) is 5.32. The molecule has 1 unspecified atom stereocenters. The molecule has 0 amide bonds. The summed E-state index contributed by atoms with van der Waals surface area (Å²) >= 11 is 0. The van der Waals surface area contributed by atoms with Gasteiger partial charge < -0.3 is 0 Å². The van der Waals surface area contributed by atoms with Crippen molar-refractivity contribution in [3.05, 3.63) is 72.4 Å². The fourth-order valence-corrected chi connectivity index (χ4v) is 3.93. The van der Waals surface area contributed by atoms with Crippen LogP contribution in [0.5, 0.6) is 0 Å². The summed E-state index contributed by atoms with van der Waals surface area (Å²) < 4.78 is 0. The lowest BCUT2D eigenvalue weighted by Gasteiger charge is -2.14. The Balaban J connectivity index is 1.46. The minimum Gasteiger partial charge on any atom is -0.248 e. The van der Waals surface area contributed by atoms with Gasteiger partial charge in [0.15, 0.2) is 0 Å². The maximum atomic E-state index is 4.67. The third kappa shape index (κ3) is 4.14. The van der Waals surface area contributed by atoms with Crippen LogP contribution < -0.4 is 0 Å². The third-order valence-electron chi connectivity index (χ3n) is 3.66. The Hall–Kier alpha value is -2.58. The Labute approximate surface area is 158 Å². The van der Waals surface area contributed by atoms with Gasteiger partial charge in [0.05, 0.1) is 24.5 Å². The zero-order chi connectivity index (χ0) is 17.6. The van der Waals surface area contributed by atoms with Crippen LogP contribution in [-0.4, -0.2) is 26.9 Å². The lowest BCUT2D eigenvalue weighted by atomic mass is 10.1. The highest BCUT2D eigenvalue weighted by molar-refractivity contribution is 8.82. The molecule has 1 atom stereocenters. The minimum absolute atomic E-state index is 0.00602. The quantitative estimate of drug-likeness (QED) is 0.607. The molecule has 4 rings (SSSR count). The van der Waals surface area contributed by atoms with E-state index < -0.39 is 0 Å². The molecular weight excluding hydrogens is 364 g/mol. The Morgan fingerprint density at radius 3 is 2.46 bits per heavy atom. The number of azo groups is 1. The molecule has 0 bridgehead atoms. The highest BCUT2D eigenvalue weighted by Gasteiger charge is 2.16. The first-order valence-corrected chi connectivity index (χ1v) is 10.1. The van der Waals surface area contributed by atoms with Gasteiger partial charge in [0.2, 0.25) is 10.3 Å². The summed E-state index contributed by atoms with van der Waals surface area (Å²) in [6.45, 7) is 0.570. The number of hydrogen-bond acceptors (Lipinski definition) is 8. The number of hydrogen-bond donors (Lipinski definition) is 0. The number of aliphatic imine (C=N–C) groups is 1. The molecule has 3 aromatic rings. The highest BCUT2D eigenvalue weighted by atomic mass is 33.1. The molecule has 1 aliphatic rings. The molecule has 2 aromatic carbocycles. The number of rotatable bonds is 4. The fraction of sp³-hybridized carbons (Fsp3) is 0.111. The largest absolute Gasteiger partial charge is 0.248 e. The second-order valence-corrected chi connectivity index (χ2v) is 7.48. The smallest absolute Gasteiger partial charge is 0.220 e. The van der Waals surface area contributed by atoms with Crippen molar-refractivity contribution in [3.8, 4) is 11.3 Å². The van der Waals surface area contributed by atoms with Gasteiger partial charge in [-0.25, -0.2) is 9.98 Å².